The Bertz CT molecular complexity index is 832. The van der Waals surface area contributed by atoms with Crippen LogP contribution in [0.3, 0.4) is 0 Å². The Morgan fingerprint density at radius 1 is 1.18 bits per heavy atom. The first-order valence-electron chi connectivity index (χ1n) is 6.98. The summed E-state index contributed by atoms with van der Waals surface area (Å²) in [5.74, 6) is 7.08. The van der Waals surface area contributed by atoms with Gasteiger partial charge in [0.2, 0.25) is 0 Å². The zero-order valence-corrected chi connectivity index (χ0v) is 12.7. The summed E-state index contributed by atoms with van der Waals surface area (Å²) in [6, 6.07) is 9.66. The topological polar surface area (TPSA) is 58.0 Å². The molecule has 5 heteroatoms. The zero-order chi connectivity index (χ0) is 15.2. The lowest BCUT2D eigenvalue weighted by Gasteiger charge is -2.03. The van der Waals surface area contributed by atoms with Crippen molar-refractivity contribution in [1.82, 2.24) is 9.97 Å². The summed E-state index contributed by atoms with van der Waals surface area (Å²) >= 11 is 1.60. The van der Waals surface area contributed by atoms with Crippen molar-refractivity contribution >= 4 is 27.4 Å². The highest BCUT2D eigenvalue weighted by atomic mass is 32.1. The second-order valence-corrected chi connectivity index (χ2v) is 5.55. The lowest BCUT2D eigenvalue weighted by Crippen LogP contribution is -2.02. The van der Waals surface area contributed by atoms with E-state index in [9.17, 15) is 5.11 Å². The number of benzene rings is 1. The number of hydrogen-bond donors (Lipinski definition) is 2. The molecule has 0 aliphatic rings. The molecule has 2 heterocycles. The van der Waals surface area contributed by atoms with E-state index in [-0.39, 0.29) is 6.61 Å². The molecule has 0 fully saturated rings. The van der Waals surface area contributed by atoms with Crippen molar-refractivity contribution in [2.45, 2.75) is 13.0 Å². The van der Waals surface area contributed by atoms with Crippen LogP contribution in [0, 0.1) is 11.8 Å². The first-order chi connectivity index (χ1) is 10.9. The van der Waals surface area contributed by atoms with Gasteiger partial charge < -0.3 is 10.4 Å². The summed E-state index contributed by atoms with van der Waals surface area (Å²) in [7, 11) is 0. The number of nitrogens with zero attached hydrogens (tertiary/aromatic N) is 2. The molecule has 0 atom stereocenters. The Morgan fingerprint density at radius 3 is 3.00 bits per heavy atom. The molecule has 4 nitrogen and oxygen atoms in total. The van der Waals surface area contributed by atoms with E-state index in [0.29, 0.717) is 6.42 Å². The number of rotatable bonds is 4. The Kier molecular flexibility index (Phi) is 4.64. The maximum absolute atomic E-state index is 9.26. The van der Waals surface area contributed by atoms with Crippen molar-refractivity contribution in [2.24, 2.45) is 0 Å². The molecule has 3 aromatic rings. The number of fused-ring (bicyclic) bond motifs is 1. The van der Waals surface area contributed by atoms with Crippen LogP contribution in [0.25, 0.3) is 10.2 Å². The maximum atomic E-state index is 9.26. The van der Waals surface area contributed by atoms with Gasteiger partial charge in [0.1, 0.15) is 17.0 Å². The molecule has 0 aliphatic heterocycles. The van der Waals surface area contributed by atoms with Gasteiger partial charge in [-0.2, -0.15) is 0 Å². The van der Waals surface area contributed by atoms with Crippen molar-refractivity contribution in [2.75, 3.05) is 11.9 Å². The fraction of sp³-hybridized carbons (Fsp3) is 0.176. The highest BCUT2D eigenvalue weighted by Crippen LogP contribution is 2.23. The zero-order valence-electron chi connectivity index (χ0n) is 11.9. The Morgan fingerprint density at radius 2 is 2.09 bits per heavy atom. The van der Waals surface area contributed by atoms with Gasteiger partial charge in [-0.05, 0) is 23.1 Å². The van der Waals surface area contributed by atoms with Gasteiger partial charge in [0, 0.05) is 18.5 Å². The summed E-state index contributed by atoms with van der Waals surface area (Å²) in [4.78, 5) is 9.47. The number of nitrogens with one attached hydrogen (secondary N) is 1. The fourth-order valence-electron chi connectivity index (χ4n) is 2.11. The monoisotopic (exact) mass is 309 g/mol. The van der Waals surface area contributed by atoms with E-state index in [4.69, 9.17) is 0 Å². The van der Waals surface area contributed by atoms with Gasteiger partial charge in [0.25, 0.3) is 0 Å². The van der Waals surface area contributed by atoms with Crippen LogP contribution in [-0.4, -0.2) is 21.6 Å². The summed E-state index contributed by atoms with van der Waals surface area (Å²) in [5, 5.41) is 15.6. The minimum Gasteiger partial charge on any atom is -0.392 e. The van der Waals surface area contributed by atoms with Crippen molar-refractivity contribution < 1.29 is 5.11 Å². The molecule has 22 heavy (non-hydrogen) atoms. The fourth-order valence-corrected chi connectivity index (χ4v) is 2.84. The van der Waals surface area contributed by atoms with Gasteiger partial charge in [-0.15, -0.1) is 11.3 Å². The first kappa shape index (κ1) is 14.5. The molecular weight excluding hydrogens is 294 g/mol. The number of aromatic nitrogens is 2. The van der Waals surface area contributed by atoms with Crippen LogP contribution in [0.5, 0.6) is 0 Å². The number of aliphatic hydroxyl groups is 1. The third kappa shape index (κ3) is 3.25. The van der Waals surface area contributed by atoms with Gasteiger partial charge >= 0.3 is 0 Å². The molecule has 0 amide bonds. The maximum Gasteiger partial charge on any atom is 0.138 e. The minimum atomic E-state index is 0.0141. The van der Waals surface area contributed by atoms with Crippen LogP contribution in [-0.2, 0) is 6.61 Å². The van der Waals surface area contributed by atoms with Crippen LogP contribution < -0.4 is 5.32 Å². The van der Waals surface area contributed by atoms with Crippen LogP contribution in [0.4, 0.5) is 5.82 Å². The molecule has 0 saturated heterocycles. The van der Waals surface area contributed by atoms with Gasteiger partial charge in [-0.1, -0.05) is 30.0 Å². The standard InChI is InChI=1S/C17H15N3OS/c21-11-14-7-2-1-5-13(14)6-3-4-9-18-16-15-8-10-22-17(15)20-12-19-16/h1-2,5,7-8,10,12,21H,4,9,11H2,(H,18,19,20). The van der Waals surface area contributed by atoms with E-state index in [1.54, 1.807) is 17.7 Å². The van der Waals surface area contributed by atoms with Gasteiger partial charge in [0.15, 0.2) is 0 Å². The van der Waals surface area contributed by atoms with Crippen molar-refractivity contribution in [1.29, 1.82) is 0 Å². The van der Waals surface area contributed by atoms with Gasteiger partial charge in [-0.3, -0.25) is 0 Å². The molecule has 0 saturated carbocycles. The molecule has 2 N–H and O–H groups in total. The highest BCUT2D eigenvalue weighted by Gasteiger charge is 2.02. The quantitative estimate of drug-likeness (QED) is 0.574. The van der Waals surface area contributed by atoms with Gasteiger partial charge in [0.05, 0.1) is 12.0 Å². The smallest absolute Gasteiger partial charge is 0.138 e. The van der Waals surface area contributed by atoms with Crippen molar-refractivity contribution in [3.8, 4) is 11.8 Å². The third-order valence-corrected chi connectivity index (χ3v) is 4.04. The number of anilines is 1. The number of aliphatic hydroxyl groups excluding tert-OH is 1. The summed E-state index contributed by atoms with van der Waals surface area (Å²) < 4.78 is 0. The summed E-state index contributed by atoms with van der Waals surface area (Å²) in [6.45, 7) is 0.733. The predicted octanol–water partition coefficient (Wildman–Crippen LogP) is 3.04. The van der Waals surface area contributed by atoms with Crippen molar-refractivity contribution in [3.05, 3.63) is 53.2 Å². The third-order valence-electron chi connectivity index (χ3n) is 3.21. The summed E-state index contributed by atoms with van der Waals surface area (Å²) in [6.07, 6.45) is 2.28. The average molecular weight is 309 g/mol. The Labute approximate surface area is 132 Å². The van der Waals surface area contributed by atoms with Crippen LogP contribution in [0.1, 0.15) is 17.5 Å². The number of thiophene rings is 1. The minimum absolute atomic E-state index is 0.0141. The molecule has 2 aromatic heterocycles. The lowest BCUT2D eigenvalue weighted by atomic mass is 10.1. The number of hydrogen-bond acceptors (Lipinski definition) is 5. The second kappa shape index (κ2) is 7.03. The highest BCUT2D eigenvalue weighted by molar-refractivity contribution is 7.16. The largest absolute Gasteiger partial charge is 0.392 e. The van der Waals surface area contributed by atoms with Crippen LogP contribution in [0.2, 0.25) is 0 Å². The molecule has 0 unspecified atom stereocenters. The normalized spacial score (nSPS) is 10.2. The second-order valence-electron chi connectivity index (χ2n) is 4.66. The molecule has 3 rings (SSSR count). The molecule has 0 spiro atoms. The van der Waals surface area contributed by atoms with E-state index < -0.39 is 0 Å². The summed E-state index contributed by atoms with van der Waals surface area (Å²) in [5.41, 5.74) is 1.74. The molecule has 110 valence electrons. The van der Waals surface area contributed by atoms with E-state index >= 15 is 0 Å². The Balaban J connectivity index is 1.60. The average Bonchev–Trinajstić information content (AvgIpc) is 3.04. The van der Waals surface area contributed by atoms with E-state index in [0.717, 1.165) is 33.7 Å². The molecule has 0 bridgehead atoms. The molecule has 1 aromatic carbocycles. The van der Waals surface area contributed by atoms with Gasteiger partial charge in [-0.25, -0.2) is 9.97 Å². The van der Waals surface area contributed by atoms with E-state index in [1.165, 1.54) is 0 Å². The SMILES string of the molecule is OCc1ccccc1C#CCCNc1ncnc2sccc12. The van der Waals surface area contributed by atoms with Crippen molar-refractivity contribution in [3.63, 3.8) is 0 Å². The first-order valence-corrected chi connectivity index (χ1v) is 7.86. The molecule has 0 radical (unpaired) electrons. The Hall–Kier alpha value is -2.42. The molecule has 0 aliphatic carbocycles. The van der Waals surface area contributed by atoms with E-state index in [2.05, 4.69) is 27.1 Å². The predicted molar refractivity (Wildman–Crippen MR) is 89.8 cm³/mol. The van der Waals surface area contributed by atoms with Crippen LogP contribution >= 0.6 is 11.3 Å². The van der Waals surface area contributed by atoms with E-state index in [1.807, 2.05) is 35.7 Å². The molecular formula is C17H15N3OS. The lowest BCUT2D eigenvalue weighted by molar-refractivity contribution is 0.281. The van der Waals surface area contributed by atoms with Crippen LogP contribution in [0.15, 0.2) is 42.0 Å².